The molecule has 0 radical (unpaired) electrons. The van der Waals surface area contributed by atoms with Crippen LogP contribution in [0.5, 0.6) is 0 Å². The predicted octanol–water partition coefficient (Wildman–Crippen LogP) is 4.45. The Labute approximate surface area is 157 Å². The molecule has 0 bridgehead atoms. The van der Waals surface area contributed by atoms with Gasteiger partial charge in [0.2, 0.25) is 0 Å². The van der Waals surface area contributed by atoms with Crippen LogP contribution in [-0.4, -0.2) is 25.2 Å². The Bertz CT molecular complexity index is 1080. The van der Waals surface area contributed by atoms with E-state index in [-0.39, 0.29) is 11.9 Å². The van der Waals surface area contributed by atoms with Gasteiger partial charge in [-0.2, -0.15) is 5.10 Å². The van der Waals surface area contributed by atoms with Crippen molar-refractivity contribution in [2.24, 2.45) is 0 Å². The molecule has 1 unspecified atom stereocenters. The maximum Gasteiger partial charge on any atom is 0.256 e. The summed E-state index contributed by atoms with van der Waals surface area (Å²) >= 11 is 0. The second-order valence-corrected chi connectivity index (χ2v) is 6.52. The van der Waals surface area contributed by atoms with Crippen LogP contribution in [0, 0.1) is 0 Å². The molecule has 0 aliphatic rings. The number of benzene rings is 2. The fourth-order valence-corrected chi connectivity index (χ4v) is 3.06. The molecular weight excluding hydrogens is 338 g/mol. The van der Waals surface area contributed by atoms with Gasteiger partial charge in [-0.25, -0.2) is 9.67 Å². The van der Waals surface area contributed by atoms with E-state index in [9.17, 15) is 4.79 Å². The van der Waals surface area contributed by atoms with Gasteiger partial charge in [0.1, 0.15) is 12.1 Å². The highest BCUT2D eigenvalue weighted by Crippen LogP contribution is 2.20. The second-order valence-electron chi connectivity index (χ2n) is 6.52. The van der Waals surface area contributed by atoms with E-state index in [2.05, 4.69) is 29.2 Å². The number of carbonyl (C=O) groups excluding carboxylic acids is 1. The summed E-state index contributed by atoms with van der Waals surface area (Å²) in [5, 5.41) is 7.25. The number of nitrogens with one attached hydrogen (secondary N) is 1. The van der Waals surface area contributed by atoms with Gasteiger partial charge in [-0.1, -0.05) is 19.1 Å². The molecule has 4 rings (SSSR count). The molecule has 6 heteroatoms. The number of nitrogens with zero attached hydrogens (tertiary/aromatic N) is 4. The summed E-state index contributed by atoms with van der Waals surface area (Å²) in [6, 6.07) is 17.5. The third-order valence-electron chi connectivity index (χ3n) is 4.78. The van der Waals surface area contributed by atoms with Crippen molar-refractivity contribution in [2.75, 3.05) is 5.32 Å². The van der Waals surface area contributed by atoms with Crippen molar-refractivity contribution in [3.05, 3.63) is 72.7 Å². The summed E-state index contributed by atoms with van der Waals surface area (Å²) in [5.41, 5.74) is 3.54. The first kappa shape index (κ1) is 17.0. The average molecular weight is 359 g/mol. The molecule has 2 heterocycles. The smallest absolute Gasteiger partial charge is 0.256 e. The van der Waals surface area contributed by atoms with Crippen molar-refractivity contribution >= 4 is 22.8 Å². The number of amides is 1. The van der Waals surface area contributed by atoms with Crippen LogP contribution in [0.25, 0.3) is 16.7 Å². The summed E-state index contributed by atoms with van der Waals surface area (Å²) in [7, 11) is 0. The minimum Gasteiger partial charge on any atom is -0.307 e. The molecule has 0 aliphatic carbocycles. The SMILES string of the molecule is CCC(C)n1nccc1NC(=O)c1ccc(-n2cnc3ccccc32)cc1. The van der Waals surface area contributed by atoms with E-state index in [1.807, 2.05) is 63.8 Å². The van der Waals surface area contributed by atoms with Gasteiger partial charge in [0, 0.05) is 17.3 Å². The van der Waals surface area contributed by atoms with Gasteiger partial charge in [0.15, 0.2) is 0 Å². The van der Waals surface area contributed by atoms with Crippen molar-refractivity contribution in [3.8, 4) is 5.69 Å². The minimum atomic E-state index is -0.151. The number of carbonyl (C=O) groups is 1. The zero-order chi connectivity index (χ0) is 18.8. The fraction of sp³-hybridized carbons (Fsp3) is 0.190. The summed E-state index contributed by atoms with van der Waals surface area (Å²) in [6.45, 7) is 4.17. The van der Waals surface area contributed by atoms with Crippen molar-refractivity contribution in [3.63, 3.8) is 0 Å². The van der Waals surface area contributed by atoms with E-state index in [0.29, 0.717) is 11.4 Å². The zero-order valence-electron chi connectivity index (χ0n) is 15.3. The highest BCUT2D eigenvalue weighted by atomic mass is 16.1. The number of rotatable bonds is 5. The molecule has 6 nitrogen and oxygen atoms in total. The molecule has 2 aromatic heterocycles. The predicted molar refractivity (Wildman–Crippen MR) is 106 cm³/mol. The van der Waals surface area contributed by atoms with Crippen LogP contribution in [0.1, 0.15) is 36.7 Å². The molecule has 1 N–H and O–H groups in total. The number of anilines is 1. The molecule has 2 aromatic carbocycles. The summed E-state index contributed by atoms with van der Waals surface area (Å²) in [5.74, 6) is 0.557. The molecule has 0 aliphatic heterocycles. The van der Waals surface area contributed by atoms with E-state index in [0.717, 1.165) is 23.1 Å². The topological polar surface area (TPSA) is 64.7 Å². The number of fused-ring (bicyclic) bond motifs is 1. The van der Waals surface area contributed by atoms with E-state index in [1.54, 1.807) is 12.5 Å². The number of hydrogen-bond donors (Lipinski definition) is 1. The number of hydrogen-bond acceptors (Lipinski definition) is 3. The summed E-state index contributed by atoms with van der Waals surface area (Å²) < 4.78 is 3.85. The molecule has 1 amide bonds. The van der Waals surface area contributed by atoms with Gasteiger partial charge in [0.05, 0.1) is 23.3 Å². The fourth-order valence-electron chi connectivity index (χ4n) is 3.06. The first-order valence-electron chi connectivity index (χ1n) is 9.04. The third kappa shape index (κ3) is 3.21. The van der Waals surface area contributed by atoms with E-state index >= 15 is 0 Å². The van der Waals surface area contributed by atoms with E-state index in [1.165, 1.54) is 0 Å². The first-order valence-corrected chi connectivity index (χ1v) is 9.04. The van der Waals surface area contributed by atoms with Crippen LogP contribution in [-0.2, 0) is 0 Å². The Balaban J connectivity index is 1.56. The third-order valence-corrected chi connectivity index (χ3v) is 4.78. The molecule has 0 spiro atoms. The van der Waals surface area contributed by atoms with Crippen LogP contribution in [0.2, 0.25) is 0 Å². The monoisotopic (exact) mass is 359 g/mol. The van der Waals surface area contributed by atoms with Gasteiger partial charge in [-0.3, -0.25) is 9.36 Å². The lowest BCUT2D eigenvalue weighted by molar-refractivity contribution is 0.102. The average Bonchev–Trinajstić information content (AvgIpc) is 3.34. The van der Waals surface area contributed by atoms with Crippen LogP contribution in [0.3, 0.4) is 0 Å². The Morgan fingerprint density at radius 1 is 1.11 bits per heavy atom. The maximum absolute atomic E-state index is 12.6. The molecule has 4 aromatic rings. The largest absolute Gasteiger partial charge is 0.307 e. The number of imidazole rings is 1. The Kier molecular flexibility index (Phi) is 4.46. The molecule has 136 valence electrons. The minimum absolute atomic E-state index is 0.151. The second kappa shape index (κ2) is 7.07. The van der Waals surface area contributed by atoms with E-state index < -0.39 is 0 Å². The van der Waals surface area contributed by atoms with Crippen molar-refractivity contribution in [1.82, 2.24) is 19.3 Å². The lowest BCUT2D eigenvalue weighted by atomic mass is 10.2. The molecular formula is C21H21N5O. The molecule has 1 atom stereocenters. The van der Waals surface area contributed by atoms with Gasteiger partial charge >= 0.3 is 0 Å². The van der Waals surface area contributed by atoms with Gasteiger partial charge in [-0.05, 0) is 49.7 Å². The number of para-hydroxylation sites is 2. The molecule has 0 fully saturated rings. The lowest BCUT2D eigenvalue weighted by Gasteiger charge is -2.14. The molecule has 0 saturated carbocycles. The Hall–Kier alpha value is -3.41. The normalized spacial score (nSPS) is 12.2. The highest BCUT2D eigenvalue weighted by Gasteiger charge is 2.13. The standard InChI is InChI=1S/C21H21N5O/c1-3-15(2)26-20(12-13-23-26)24-21(27)16-8-10-17(11-9-16)25-14-22-18-6-4-5-7-19(18)25/h4-15H,3H2,1-2H3,(H,24,27). The van der Waals surface area contributed by atoms with Crippen molar-refractivity contribution in [2.45, 2.75) is 26.3 Å². The highest BCUT2D eigenvalue weighted by molar-refractivity contribution is 6.03. The van der Waals surface area contributed by atoms with Crippen molar-refractivity contribution < 1.29 is 4.79 Å². The maximum atomic E-state index is 12.6. The van der Waals surface area contributed by atoms with Gasteiger partial charge < -0.3 is 5.32 Å². The van der Waals surface area contributed by atoms with Gasteiger partial charge in [-0.15, -0.1) is 0 Å². The van der Waals surface area contributed by atoms with Crippen LogP contribution >= 0.6 is 0 Å². The molecule has 0 saturated heterocycles. The van der Waals surface area contributed by atoms with E-state index in [4.69, 9.17) is 0 Å². The number of aromatic nitrogens is 4. The van der Waals surface area contributed by atoms with Crippen LogP contribution in [0.4, 0.5) is 5.82 Å². The Morgan fingerprint density at radius 3 is 2.67 bits per heavy atom. The van der Waals surface area contributed by atoms with Gasteiger partial charge in [0.25, 0.3) is 5.91 Å². The lowest BCUT2D eigenvalue weighted by Crippen LogP contribution is -2.17. The van der Waals surface area contributed by atoms with Crippen LogP contribution < -0.4 is 5.32 Å². The van der Waals surface area contributed by atoms with Crippen molar-refractivity contribution in [1.29, 1.82) is 0 Å². The Morgan fingerprint density at radius 2 is 1.89 bits per heavy atom. The quantitative estimate of drug-likeness (QED) is 0.573. The van der Waals surface area contributed by atoms with Crippen LogP contribution in [0.15, 0.2) is 67.1 Å². The first-order chi connectivity index (χ1) is 13.2. The molecule has 27 heavy (non-hydrogen) atoms. The zero-order valence-corrected chi connectivity index (χ0v) is 15.3. The summed E-state index contributed by atoms with van der Waals surface area (Å²) in [6.07, 6.45) is 4.44. The summed E-state index contributed by atoms with van der Waals surface area (Å²) in [4.78, 5) is 17.0.